The van der Waals surface area contributed by atoms with Crippen molar-refractivity contribution in [2.45, 2.75) is 19.3 Å². The topological polar surface area (TPSA) is 3.24 Å². The molecule has 60 heavy (non-hydrogen) atoms. The Bertz CT molecular complexity index is 3210. The van der Waals surface area contributed by atoms with E-state index in [2.05, 4.69) is 243 Å². The molecule has 0 unspecified atom stereocenters. The largest absolute Gasteiger partial charge is 0.310 e. The zero-order valence-corrected chi connectivity index (χ0v) is 33.8. The predicted octanol–water partition coefficient (Wildman–Crippen LogP) is 16.4. The lowest BCUT2D eigenvalue weighted by atomic mass is 9.80. The Hall–Kier alpha value is -7.48. The van der Waals surface area contributed by atoms with E-state index in [1.807, 2.05) is 0 Å². The number of hydrogen-bond acceptors (Lipinski definition) is 1. The number of anilines is 3. The van der Waals surface area contributed by atoms with E-state index in [1.165, 1.54) is 88.3 Å². The summed E-state index contributed by atoms with van der Waals surface area (Å²) < 4.78 is 0. The molecular weight excluding hydrogens is 723 g/mol. The van der Waals surface area contributed by atoms with Gasteiger partial charge in [0.05, 0.1) is 5.69 Å². The van der Waals surface area contributed by atoms with Crippen LogP contribution in [-0.2, 0) is 5.41 Å². The van der Waals surface area contributed by atoms with Crippen LogP contribution >= 0.6 is 0 Å². The first-order valence-corrected chi connectivity index (χ1v) is 20.9. The van der Waals surface area contributed by atoms with E-state index in [-0.39, 0.29) is 5.41 Å². The Morgan fingerprint density at radius 3 is 1.67 bits per heavy atom. The molecular formula is C59H43N. The van der Waals surface area contributed by atoms with E-state index in [0.29, 0.717) is 0 Å². The van der Waals surface area contributed by atoms with E-state index >= 15 is 0 Å². The lowest BCUT2D eigenvalue weighted by molar-refractivity contribution is 0.660. The molecule has 0 amide bonds. The van der Waals surface area contributed by atoms with Crippen LogP contribution in [0.2, 0.25) is 0 Å². The van der Waals surface area contributed by atoms with Gasteiger partial charge < -0.3 is 4.90 Å². The minimum Gasteiger partial charge on any atom is -0.310 e. The Morgan fingerprint density at radius 1 is 0.317 bits per heavy atom. The molecule has 11 rings (SSSR count). The van der Waals surface area contributed by atoms with Crippen molar-refractivity contribution >= 4 is 38.6 Å². The van der Waals surface area contributed by atoms with Gasteiger partial charge in [0.1, 0.15) is 0 Å². The molecule has 10 aromatic rings. The lowest BCUT2D eigenvalue weighted by Gasteiger charge is -2.30. The molecule has 0 bridgehead atoms. The number of rotatable bonds is 7. The van der Waals surface area contributed by atoms with Crippen LogP contribution in [0.4, 0.5) is 17.1 Å². The fourth-order valence-corrected chi connectivity index (χ4v) is 9.71. The second-order valence-electron chi connectivity index (χ2n) is 16.5. The van der Waals surface area contributed by atoms with Crippen LogP contribution in [-0.4, -0.2) is 0 Å². The van der Waals surface area contributed by atoms with Gasteiger partial charge in [-0.2, -0.15) is 0 Å². The second kappa shape index (κ2) is 14.4. The van der Waals surface area contributed by atoms with Gasteiger partial charge in [0.15, 0.2) is 0 Å². The summed E-state index contributed by atoms with van der Waals surface area (Å²) in [6, 6.07) is 82.6. The summed E-state index contributed by atoms with van der Waals surface area (Å²) in [5, 5.41) is 5.01. The van der Waals surface area contributed by atoms with Gasteiger partial charge in [0.25, 0.3) is 0 Å². The molecule has 1 aliphatic carbocycles. The van der Waals surface area contributed by atoms with E-state index in [0.717, 1.165) is 17.1 Å². The molecule has 0 aliphatic heterocycles. The quantitative estimate of drug-likeness (QED) is 0.146. The van der Waals surface area contributed by atoms with E-state index < -0.39 is 0 Å². The Morgan fingerprint density at radius 2 is 0.883 bits per heavy atom. The maximum Gasteiger partial charge on any atom is 0.0546 e. The van der Waals surface area contributed by atoms with Gasteiger partial charge in [0.2, 0.25) is 0 Å². The maximum atomic E-state index is 2.48. The first kappa shape index (κ1) is 35.7. The number of hydrogen-bond donors (Lipinski definition) is 0. The Kier molecular flexibility index (Phi) is 8.57. The summed E-state index contributed by atoms with van der Waals surface area (Å²) in [5.74, 6) is 0. The smallest absolute Gasteiger partial charge is 0.0546 e. The van der Waals surface area contributed by atoms with Gasteiger partial charge in [-0.15, -0.1) is 0 Å². The average Bonchev–Trinajstić information content (AvgIpc) is 3.54. The van der Waals surface area contributed by atoms with Gasteiger partial charge in [-0.25, -0.2) is 0 Å². The van der Waals surface area contributed by atoms with Crippen LogP contribution < -0.4 is 4.90 Å². The summed E-state index contributed by atoms with van der Waals surface area (Å²) in [5.41, 5.74) is 18.1. The third kappa shape index (κ3) is 5.93. The SMILES string of the molecule is CC1(C)c2ccccc2-c2ccc(-c3c(-c4cc5ccccc5c5ccccc45)cccc3N(c3ccc(-c4ccccc4)cc3)c3cccc(-c4ccccc4)c3)cc21. The highest BCUT2D eigenvalue weighted by Gasteiger charge is 2.36. The molecule has 0 aromatic heterocycles. The zero-order chi connectivity index (χ0) is 40.2. The van der Waals surface area contributed by atoms with Crippen molar-refractivity contribution < 1.29 is 0 Å². The summed E-state index contributed by atoms with van der Waals surface area (Å²) in [4.78, 5) is 2.47. The predicted molar refractivity (Wildman–Crippen MR) is 255 cm³/mol. The molecule has 0 N–H and O–H groups in total. The first-order chi connectivity index (χ1) is 29.5. The normalized spacial score (nSPS) is 12.6. The number of benzene rings is 10. The maximum absolute atomic E-state index is 2.48. The third-order valence-electron chi connectivity index (χ3n) is 12.7. The molecule has 10 aromatic carbocycles. The third-order valence-corrected chi connectivity index (χ3v) is 12.7. The van der Waals surface area contributed by atoms with Crippen LogP contribution in [0, 0.1) is 0 Å². The van der Waals surface area contributed by atoms with Gasteiger partial charge >= 0.3 is 0 Å². The van der Waals surface area contributed by atoms with Crippen LogP contribution in [0.1, 0.15) is 25.0 Å². The Labute approximate surface area is 352 Å². The molecule has 0 atom stereocenters. The number of fused-ring (bicyclic) bond motifs is 6. The number of nitrogens with zero attached hydrogens (tertiary/aromatic N) is 1. The highest BCUT2D eigenvalue weighted by Crippen LogP contribution is 2.53. The van der Waals surface area contributed by atoms with Crippen molar-refractivity contribution in [3.05, 3.63) is 236 Å². The molecule has 0 radical (unpaired) electrons. The summed E-state index contributed by atoms with van der Waals surface area (Å²) in [6.07, 6.45) is 0. The van der Waals surface area contributed by atoms with Gasteiger partial charge in [-0.3, -0.25) is 0 Å². The van der Waals surface area contributed by atoms with Crippen LogP contribution in [0.25, 0.3) is 77.2 Å². The molecule has 0 heterocycles. The van der Waals surface area contributed by atoms with Crippen molar-refractivity contribution in [1.29, 1.82) is 0 Å². The lowest BCUT2D eigenvalue weighted by Crippen LogP contribution is -2.15. The molecule has 0 saturated carbocycles. The van der Waals surface area contributed by atoms with Crippen molar-refractivity contribution in [2.24, 2.45) is 0 Å². The van der Waals surface area contributed by atoms with E-state index in [4.69, 9.17) is 0 Å². The Balaban J connectivity index is 1.21. The van der Waals surface area contributed by atoms with Crippen molar-refractivity contribution in [3.8, 4) is 55.6 Å². The standard InChI is InChI=1S/C59H43N/c1-59(2)55-29-14-13-27-51(55)52-36-33-45(39-56(52)59)58-53(54-38-44-21-9-10-24-48(44)49-25-11-12-26-50(49)54)28-16-30-57(58)60(46-34-31-42(32-35-46)40-17-5-3-6-18-40)47-23-15-22-43(37-47)41-19-7-4-8-20-41/h3-39H,1-2H3. The minimum absolute atomic E-state index is 0.149. The van der Waals surface area contributed by atoms with Crippen LogP contribution in [0.3, 0.4) is 0 Å². The highest BCUT2D eigenvalue weighted by atomic mass is 15.1. The molecule has 1 nitrogen and oxygen atoms in total. The minimum atomic E-state index is -0.149. The fraction of sp³-hybridized carbons (Fsp3) is 0.0508. The average molecular weight is 766 g/mol. The van der Waals surface area contributed by atoms with Crippen LogP contribution in [0.15, 0.2) is 224 Å². The van der Waals surface area contributed by atoms with Gasteiger partial charge in [0, 0.05) is 22.4 Å². The molecule has 1 aliphatic rings. The molecule has 0 saturated heterocycles. The molecule has 0 fully saturated rings. The van der Waals surface area contributed by atoms with Crippen molar-refractivity contribution in [2.75, 3.05) is 4.90 Å². The highest BCUT2D eigenvalue weighted by molar-refractivity contribution is 6.15. The first-order valence-electron chi connectivity index (χ1n) is 20.9. The van der Waals surface area contributed by atoms with Gasteiger partial charge in [-0.05, 0) is 125 Å². The monoisotopic (exact) mass is 765 g/mol. The van der Waals surface area contributed by atoms with E-state index in [1.54, 1.807) is 0 Å². The summed E-state index contributed by atoms with van der Waals surface area (Å²) >= 11 is 0. The summed E-state index contributed by atoms with van der Waals surface area (Å²) in [6.45, 7) is 4.75. The fourth-order valence-electron chi connectivity index (χ4n) is 9.71. The second-order valence-corrected chi connectivity index (χ2v) is 16.5. The van der Waals surface area contributed by atoms with Crippen molar-refractivity contribution in [3.63, 3.8) is 0 Å². The van der Waals surface area contributed by atoms with E-state index in [9.17, 15) is 0 Å². The molecule has 1 heteroatoms. The van der Waals surface area contributed by atoms with Gasteiger partial charge in [-0.1, -0.05) is 196 Å². The zero-order valence-electron chi connectivity index (χ0n) is 33.8. The van der Waals surface area contributed by atoms with Crippen LogP contribution in [0.5, 0.6) is 0 Å². The van der Waals surface area contributed by atoms with Crippen molar-refractivity contribution in [1.82, 2.24) is 0 Å². The molecule has 0 spiro atoms. The molecule has 284 valence electrons. The summed E-state index contributed by atoms with van der Waals surface area (Å²) in [7, 11) is 0.